The fourth-order valence-corrected chi connectivity index (χ4v) is 6.12. The van der Waals surface area contributed by atoms with Crippen LogP contribution in [0.1, 0.15) is 56.3 Å². The fraction of sp³-hybridized carbons (Fsp3) is 0.429. The molecule has 2 atom stereocenters. The highest BCUT2D eigenvalue weighted by atomic mass is 16.5. The summed E-state index contributed by atoms with van der Waals surface area (Å²) in [7, 11) is 3.89. The van der Waals surface area contributed by atoms with E-state index in [1.54, 1.807) is 49.5 Å². The van der Waals surface area contributed by atoms with Crippen LogP contribution in [-0.2, 0) is 9.59 Å². The number of nitrogens with one attached hydrogen (secondary N) is 2. The number of carbonyl (C=O) groups excluding carboxylic acids is 3. The number of rotatable bonds is 13. The zero-order chi connectivity index (χ0) is 32.6. The number of hydrazone groups is 1. The van der Waals surface area contributed by atoms with E-state index < -0.39 is 11.8 Å². The Hall–Kier alpha value is -4.80. The second kappa shape index (κ2) is 15.0. The molecule has 5 rings (SSSR count). The average molecular weight is 626 g/mol. The molecule has 11 nitrogen and oxygen atoms in total. The van der Waals surface area contributed by atoms with Crippen molar-refractivity contribution in [1.82, 2.24) is 15.3 Å². The molecular weight excluding hydrogens is 582 g/mol. The molecule has 242 valence electrons. The Morgan fingerprint density at radius 1 is 1.02 bits per heavy atom. The topological polar surface area (TPSA) is 129 Å². The highest BCUT2D eigenvalue weighted by Crippen LogP contribution is 2.32. The number of anilines is 3. The number of benzene rings is 2. The van der Waals surface area contributed by atoms with Gasteiger partial charge in [-0.05, 0) is 87.9 Å². The van der Waals surface area contributed by atoms with Gasteiger partial charge in [-0.3, -0.25) is 14.4 Å². The molecule has 2 heterocycles. The molecule has 2 amide bonds. The van der Waals surface area contributed by atoms with Crippen molar-refractivity contribution < 1.29 is 19.1 Å². The molecule has 1 aliphatic carbocycles. The standard InChI is InChI=1S/C35H43N7O4/c1-5-46-28-17-13-25(14-18-28)30(43)21-29(32-23(2)40-42(34(32)45)27-9-7-6-8-10-27)33(44)37-22-24-11-15-26(16-12-24)38-35-36-20-19-31(39-35)41(3)4/h6-10,13-14,17-20,24,26,29,32H,5,11-12,15-16,21-22H2,1-4H3,(H,37,44)(H,36,38,39). The Bertz CT molecular complexity index is 1540. The smallest absolute Gasteiger partial charge is 0.257 e. The van der Waals surface area contributed by atoms with Gasteiger partial charge in [0.2, 0.25) is 11.9 Å². The van der Waals surface area contributed by atoms with Crippen molar-refractivity contribution in [2.75, 3.05) is 42.5 Å². The molecule has 2 aliphatic rings. The number of amides is 2. The van der Waals surface area contributed by atoms with Crippen molar-refractivity contribution in [2.45, 2.75) is 52.0 Å². The molecule has 1 aromatic heterocycles. The van der Waals surface area contributed by atoms with E-state index in [0.29, 0.717) is 41.8 Å². The summed E-state index contributed by atoms with van der Waals surface area (Å²) in [5, 5.41) is 12.4. The van der Waals surface area contributed by atoms with Crippen molar-refractivity contribution in [3.8, 4) is 5.75 Å². The van der Waals surface area contributed by atoms with Crippen molar-refractivity contribution >= 4 is 40.8 Å². The summed E-state index contributed by atoms with van der Waals surface area (Å²) in [6, 6.07) is 18.1. The summed E-state index contributed by atoms with van der Waals surface area (Å²) >= 11 is 0. The molecule has 0 spiro atoms. The van der Waals surface area contributed by atoms with Crippen LogP contribution in [-0.4, -0.2) is 66.6 Å². The van der Waals surface area contributed by atoms with Crippen molar-refractivity contribution in [3.63, 3.8) is 0 Å². The van der Waals surface area contributed by atoms with Crippen molar-refractivity contribution in [1.29, 1.82) is 0 Å². The first-order valence-corrected chi connectivity index (χ1v) is 16.0. The molecule has 1 aliphatic heterocycles. The van der Waals surface area contributed by atoms with Crippen LogP contribution >= 0.6 is 0 Å². The number of aromatic nitrogens is 2. The van der Waals surface area contributed by atoms with Crippen LogP contribution in [0.2, 0.25) is 0 Å². The first-order chi connectivity index (χ1) is 22.2. The van der Waals surface area contributed by atoms with Crippen LogP contribution in [0.15, 0.2) is 72.0 Å². The van der Waals surface area contributed by atoms with Gasteiger partial charge in [0.25, 0.3) is 5.91 Å². The summed E-state index contributed by atoms with van der Waals surface area (Å²) < 4.78 is 5.51. The molecule has 2 N–H and O–H groups in total. The highest BCUT2D eigenvalue weighted by molar-refractivity contribution is 6.17. The predicted octanol–water partition coefficient (Wildman–Crippen LogP) is 4.96. The lowest BCUT2D eigenvalue weighted by Crippen LogP contribution is -2.44. The molecular formula is C35H43N7O4. The second-order valence-electron chi connectivity index (χ2n) is 12.1. The van der Waals surface area contributed by atoms with Gasteiger partial charge < -0.3 is 20.3 Å². The SMILES string of the molecule is CCOc1ccc(C(=O)CC(C(=O)NCC2CCC(Nc3nccc(N(C)C)n3)CC2)C2C(=O)N(c3ccccc3)N=C2C)cc1. The third-order valence-corrected chi connectivity index (χ3v) is 8.66. The van der Waals surface area contributed by atoms with Gasteiger partial charge in [-0.1, -0.05) is 18.2 Å². The Balaban J connectivity index is 1.24. The summed E-state index contributed by atoms with van der Waals surface area (Å²) in [4.78, 5) is 52.0. The van der Waals surface area contributed by atoms with E-state index in [-0.39, 0.29) is 36.0 Å². The molecule has 46 heavy (non-hydrogen) atoms. The van der Waals surface area contributed by atoms with Crippen LogP contribution in [0.3, 0.4) is 0 Å². The number of Topliss-reactive ketones (excluding diaryl/α,β-unsaturated/α-hetero) is 1. The van der Waals surface area contributed by atoms with Gasteiger partial charge in [-0.2, -0.15) is 10.1 Å². The monoisotopic (exact) mass is 625 g/mol. The Labute approximate surface area is 270 Å². The molecule has 0 radical (unpaired) electrons. The van der Waals surface area contributed by atoms with Gasteiger partial charge >= 0.3 is 0 Å². The number of ketones is 1. The van der Waals surface area contributed by atoms with Gasteiger partial charge in [0, 0.05) is 50.6 Å². The molecule has 3 aromatic rings. The van der Waals surface area contributed by atoms with Crippen molar-refractivity contribution in [2.24, 2.45) is 22.9 Å². The Morgan fingerprint density at radius 2 is 1.74 bits per heavy atom. The van der Waals surface area contributed by atoms with Crippen LogP contribution in [0.5, 0.6) is 5.75 Å². The Kier molecular flexibility index (Phi) is 10.6. The predicted molar refractivity (Wildman–Crippen MR) is 179 cm³/mol. The van der Waals surface area contributed by atoms with Crippen LogP contribution in [0.25, 0.3) is 0 Å². The second-order valence-corrected chi connectivity index (χ2v) is 12.1. The van der Waals surface area contributed by atoms with Gasteiger partial charge in [-0.15, -0.1) is 0 Å². The Morgan fingerprint density at radius 3 is 2.41 bits per heavy atom. The number of ether oxygens (including phenoxy) is 1. The highest BCUT2D eigenvalue weighted by Gasteiger charge is 2.44. The van der Waals surface area contributed by atoms with Gasteiger partial charge in [-0.25, -0.2) is 9.99 Å². The molecule has 11 heteroatoms. The van der Waals surface area contributed by atoms with E-state index in [1.807, 2.05) is 50.2 Å². The third kappa shape index (κ3) is 7.88. The summed E-state index contributed by atoms with van der Waals surface area (Å²) in [6.07, 6.45) is 5.33. The lowest BCUT2D eigenvalue weighted by molar-refractivity contribution is -0.131. The number of para-hydroxylation sites is 1. The quantitative estimate of drug-likeness (QED) is 0.255. The fourth-order valence-electron chi connectivity index (χ4n) is 6.12. The zero-order valence-electron chi connectivity index (χ0n) is 27.0. The first-order valence-electron chi connectivity index (χ1n) is 16.0. The van der Waals surface area contributed by atoms with E-state index in [2.05, 4.69) is 25.7 Å². The average Bonchev–Trinajstić information content (AvgIpc) is 3.37. The summed E-state index contributed by atoms with van der Waals surface area (Å²) in [5.74, 6) is -0.162. The maximum atomic E-state index is 13.9. The molecule has 0 saturated heterocycles. The lowest BCUT2D eigenvalue weighted by atomic mass is 9.82. The molecule has 1 fully saturated rings. The normalized spacial score (nSPS) is 20.1. The van der Waals surface area contributed by atoms with Gasteiger partial charge in [0.1, 0.15) is 11.6 Å². The molecule has 2 unspecified atom stereocenters. The van der Waals surface area contributed by atoms with Gasteiger partial charge in [0.05, 0.1) is 24.1 Å². The number of nitrogens with zero attached hydrogens (tertiary/aromatic N) is 5. The minimum absolute atomic E-state index is 0.117. The summed E-state index contributed by atoms with van der Waals surface area (Å²) in [6.45, 7) is 4.64. The molecule has 1 saturated carbocycles. The van der Waals surface area contributed by atoms with Crippen LogP contribution in [0, 0.1) is 17.8 Å². The van der Waals surface area contributed by atoms with E-state index in [4.69, 9.17) is 4.74 Å². The number of hydrogen-bond donors (Lipinski definition) is 2. The zero-order valence-corrected chi connectivity index (χ0v) is 27.0. The number of hydrogen-bond acceptors (Lipinski definition) is 9. The summed E-state index contributed by atoms with van der Waals surface area (Å²) in [5.41, 5.74) is 1.60. The maximum absolute atomic E-state index is 13.9. The van der Waals surface area contributed by atoms with Crippen LogP contribution in [0.4, 0.5) is 17.5 Å². The van der Waals surface area contributed by atoms with E-state index in [0.717, 1.165) is 31.5 Å². The van der Waals surface area contributed by atoms with Gasteiger partial charge in [0.15, 0.2) is 5.78 Å². The largest absolute Gasteiger partial charge is 0.494 e. The van der Waals surface area contributed by atoms with Crippen molar-refractivity contribution in [3.05, 3.63) is 72.4 Å². The lowest BCUT2D eigenvalue weighted by Gasteiger charge is -2.30. The molecule has 0 bridgehead atoms. The maximum Gasteiger partial charge on any atom is 0.257 e. The minimum atomic E-state index is -0.900. The first kappa shape index (κ1) is 32.6. The van der Waals surface area contributed by atoms with E-state index in [1.165, 1.54) is 5.01 Å². The number of carbonyl (C=O) groups is 3. The van der Waals surface area contributed by atoms with E-state index in [9.17, 15) is 14.4 Å². The van der Waals surface area contributed by atoms with E-state index >= 15 is 0 Å². The third-order valence-electron chi connectivity index (χ3n) is 8.66. The molecule has 2 aromatic carbocycles. The van der Waals surface area contributed by atoms with Crippen LogP contribution < -0.4 is 25.3 Å². The minimum Gasteiger partial charge on any atom is -0.494 e.